The van der Waals surface area contributed by atoms with E-state index < -0.39 is 0 Å². The lowest BCUT2D eigenvalue weighted by Gasteiger charge is -2.34. The molecule has 1 aromatic heterocycles. The fourth-order valence-electron chi connectivity index (χ4n) is 3.96. The van der Waals surface area contributed by atoms with Crippen molar-refractivity contribution in [3.05, 3.63) is 12.2 Å². The molecule has 7 nitrogen and oxygen atoms in total. The number of hydrogen-bond donors (Lipinski definition) is 2. The second-order valence-corrected chi connectivity index (χ2v) is 7.06. The molecule has 1 aliphatic rings. The van der Waals surface area contributed by atoms with Gasteiger partial charge in [0.05, 0.1) is 0 Å². The summed E-state index contributed by atoms with van der Waals surface area (Å²) in [5.41, 5.74) is 0. The van der Waals surface area contributed by atoms with Gasteiger partial charge in [-0.3, -0.25) is 9.89 Å². The second kappa shape index (κ2) is 11.2. The number of aliphatic imine (C=N–C) groups is 1. The summed E-state index contributed by atoms with van der Waals surface area (Å²) in [5, 5.41) is 15.1. The van der Waals surface area contributed by atoms with Crippen molar-refractivity contribution >= 4 is 5.96 Å². The zero-order chi connectivity index (χ0) is 18.8. The number of likely N-dealkylation sites (tertiary alicyclic amines) is 1. The average molecular weight is 364 g/mol. The fourth-order valence-corrected chi connectivity index (χ4v) is 3.96. The van der Waals surface area contributed by atoms with Crippen LogP contribution in [0.4, 0.5) is 0 Å². The summed E-state index contributed by atoms with van der Waals surface area (Å²) in [6.45, 7) is 11.8. The number of guanidine groups is 1. The van der Waals surface area contributed by atoms with Gasteiger partial charge in [-0.1, -0.05) is 33.6 Å². The van der Waals surface area contributed by atoms with Crippen LogP contribution in [-0.4, -0.2) is 64.9 Å². The lowest BCUT2D eigenvalue weighted by molar-refractivity contribution is 0.166. The van der Waals surface area contributed by atoms with Crippen LogP contribution >= 0.6 is 0 Å². The lowest BCUT2D eigenvalue weighted by atomic mass is 9.93. The van der Waals surface area contributed by atoms with E-state index in [0.29, 0.717) is 6.04 Å². The van der Waals surface area contributed by atoms with E-state index in [1.807, 2.05) is 7.05 Å². The number of nitrogens with zero attached hydrogens (tertiary/aromatic N) is 5. The average Bonchev–Trinajstić information content (AvgIpc) is 3.35. The highest BCUT2D eigenvalue weighted by Gasteiger charge is 2.27. The molecule has 0 bridgehead atoms. The van der Waals surface area contributed by atoms with Crippen molar-refractivity contribution in [1.82, 2.24) is 30.3 Å². The SMILES string of the molecule is CCc1nncn1CCNC(=NC)NCC(C(CC)CC)N1CCCC1. The van der Waals surface area contributed by atoms with Crippen LogP contribution in [-0.2, 0) is 13.0 Å². The van der Waals surface area contributed by atoms with Crippen molar-refractivity contribution < 1.29 is 0 Å². The highest BCUT2D eigenvalue weighted by atomic mass is 15.3. The highest BCUT2D eigenvalue weighted by Crippen LogP contribution is 2.22. The van der Waals surface area contributed by atoms with Gasteiger partial charge in [-0.05, 0) is 31.8 Å². The Balaban J connectivity index is 1.83. The first-order valence-corrected chi connectivity index (χ1v) is 10.3. The Morgan fingerprint density at radius 2 is 1.92 bits per heavy atom. The minimum absolute atomic E-state index is 0.593. The van der Waals surface area contributed by atoms with E-state index in [4.69, 9.17) is 0 Å². The Labute approximate surface area is 158 Å². The molecule has 0 saturated carbocycles. The molecule has 2 N–H and O–H groups in total. The first-order valence-electron chi connectivity index (χ1n) is 10.3. The quantitative estimate of drug-likeness (QED) is 0.491. The van der Waals surface area contributed by atoms with Crippen molar-refractivity contribution in [3.63, 3.8) is 0 Å². The van der Waals surface area contributed by atoms with E-state index in [2.05, 4.69) is 56.1 Å². The van der Waals surface area contributed by atoms with Gasteiger partial charge in [0.2, 0.25) is 0 Å². The number of rotatable bonds is 10. The molecular formula is C19H37N7. The van der Waals surface area contributed by atoms with Gasteiger partial charge in [0.15, 0.2) is 5.96 Å². The van der Waals surface area contributed by atoms with E-state index >= 15 is 0 Å². The third-order valence-electron chi connectivity index (χ3n) is 5.56. The van der Waals surface area contributed by atoms with Crippen LogP contribution in [0.2, 0.25) is 0 Å². The van der Waals surface area contributed by atoms with Crippen molar-refractivity contribution in [2.75, 3.05) is 33.2 Å². The van der Waals surface area contributed by atoms with Gasteiger partial charge >= 0.3 is 0 Å². The van der Waals surface area contributed by atoms with Gasteiger partial charge in [-0.15, -0.1) is 10.2 Å². The molecular weight excluding hydrogens is 326 g/mol. The number of aromatic nitrogens is 3. The molecule has 2 heterocycles. The molecule has 148 valence electrons. The predicted octanol–water partition coefficient (Wildman–Crippen LogP) is 1.91. The van der Waals surface area contributed by atoms with Crippen LogP contribution < -0.4 is 10.6 Å². The molecule has 1 aliphatic heterocycles. The molecule has 0 aliphatic carbocycles. The molecule has 1 unspecified atom stereocenters. The van der Waals surface area contributed by atoms with Crippen LogP contribution in [0.1, 0.15) is 52.3 Å². The Morgan fingerprint density at radius 1 is 1.19 bits per heavy atom. The van der Waals surface area contributed by atoms with E-state index in [1.165, 1.54) is 38.8 Å². The number of aryl methyl sites for hydroxylation is 1. The van der Waals surface area contributed by atoms with Crippen LogP contribution in [0.3, 0.4) is 0 Å². The lowest BCUT2D eigenvalue weighted by Crippen LogP contribution is -2.49. The Morgan fingerprint density at radius 3 is 2.54 bits per heavy atom. The fraction of sp³-hybridized carbons (Fsp3) is 0.842. The Hall–Kier alpha value is -1.63. The van der Waals surface area contributed by atoms with Gasteiger partial charge < -0.3 is 15.2 Å². The number of nitrogens with one attached hydrogen (secondary N) is 2. The van der Waals surface area contributed by atoms with E-state index in [9.17, 15) is 0 Å². The molecule has 1 aromatic rings. The summed E-state index contributed by atoms with van der Waals surface area (Å²) in [5.74, 6) is 2.65. The first kappa shape index (κ1) is 20.7. The summed E-state index contributed by atoms with van der Waals surface area (Å²) in [6.07, 6.45) is 7.84. The second-order valence-electron chi connectivity index (χ2n) is 7.06. The summed E-state index contributed by atoms with van der Waals surface area (Å²) in [4.78, 5) is 7.06. The summed E-state index contributed by atoms with van der Waals surface area (Å²) < 4.78 is 2.09. The molecule has 1 saturated heterocycles. The van der Waals surface area contributed by atoms with Crippen LogP contribution in [0.15, 0.2) is 11.3 Å². The monoisotopic (exact) mass is 363 g/mol. The molecule has 0 aromatic carbocycles. The third-order valence-corrected chi connectivity index (χ3v) is 5.56. The normalized spacial score (nSPS) is 17.0. The maximum Gasteiger partial charge on any atom is 0.191 e. The van der Waals surface area contributed by atoms with E-state index in [-0.39, 0.29) is 0 Å². The largest absolute Gasteiger partial charge is 0.355 e. The van der Waals surface area contributed by atoms with Crippen LogP contribution in [0.5, 0.6) is 0 Å². The molecule has 0 spiro atoms. The minimum atomic E-state index is 0.593. The zero-order valence-electron chi connectivity index (χ0n) is 17.0. The topological polar surface area (TPSA) is 70.4 Å². The van der Waals surface area contributed by atoms with Gasteiger partial charge in [-0.2, -0.15) is 0 Å². The third kappa shape index (κ3) is 5.69. The predicted molar refractivity (Wildman–Crippen MR) is 107 cm³/mol. The summed E-state index contributed by atoms with van der Waals surface area (Å²) in [7, 11) is 1.84. The van der Waals surface area contributed by atoms with E-state index in [0.717, 1.165) is 43.8 Å². The van der Waals surface area contributed by atoms with Crippen molar-refractivity contribution in [1.29, 1.82) is 0 Å². The zero-order valence-corrected chi connectivity index (χ0v) is 17.0. The maximum absolute atomic E-state index is 4.39. The van der Waals surface area contributed by atoms with Crippen molar-refractivity contribution in [2.24, 2.45) is 10.9 Å². The number of hydrogen-bond acceptors (Lipinski definition) is 4. The molecule has 1 fully saturated rings. The smallest absolute Gasteiger partial charge is 0.191 e. The molecule has 2 rings (SSSR count). The summed E-state index contributed by atoms with van der Waals surface area (Å²) in [6, 6.07) is 0.593. The highest BCUT2D eigenvalue weighted by molar-refractivity contribution is 5.79. The van der Waals surface area contributed by atoms with Crippen molar-refractivity contribution in [3.8, 4) is 0 Å². The molecule has 0 amide bonds. The van der Waals surface area contributed by atoms with Gasteiger partial charge in [0, 0.05) is 39.1 Å². The molecule has 0 radical (unpaired) electrons. The van der Waals surface area contributed by atoms with Crippen LogP contribution in [0, 0.1) is 5.92 Å². The first-order chi connectivity index (χ1) is 12.7. The van der Waals surface area contributed by atoms with Gasteiger partial charge in [0.25, 0.3) is 0 Å². The standard InChI is InChI=1S/C19H37N7/c1-5-16(6-2)17(25-11-8-9-12-25)14-22-19(20-4)21-10-13-26-15-23-24-18(26)7-3/h15-17H,5-14H2,1-4H3,(H2,20,21,22). The molecule has 26 heavy (non-hydrogen) atoms. The maximum atomic E-state index is 4.39. The minimum Gasteiger partial charge on any atom is -0.355 e. The molecule has 7 heteroatoms. The Bertz CT molecular complexity index is 528. The summed E-state index contributed by atoms with van der Waals surface area (Å²) >= 11 is 0. The van der Waals surface area contributed by atoms with Gasteiger partial charge in [-0.25, -0.2) is 0 Å². The van der Waals surface area contributed by atoms with Crippen molar-refractivity contribution in [2.45, 2.75) is 65.5 Å². The molecule has 1 atom stereocenters. The van der Waals surface area contributed by atoms with Gasteiger partial charge in [0.1, 0.15) is 12.2 Å². The Kier molecular flexibility index (Phi) is 8.88. The van der Waals surface area contributed by atoms with E-state index in [1.54, 1.807) is 6.33 Å². The van der Waals surface area contributed by atoms with Crippen LogP contribution in [0.25, 0.3) is 0 Å².